The van der Waals surface area contributed by atoms with Crippen LogP contribution in [0.3, 0.4) is 0 Å². The summed E-state index contributed by atoms with van der Waals surface area (Å²) in [5.74, 6) is 0.165. The summed E-state index contributed by atoms with van der Waals surface area (Å²) in [7, 11) is 0. The molecular weight excluding hydrogens is 481 g/mol. The fourth-order valence-electron chi connectivity index (χ4n) is 6.16. The highest BCUT2D eigenvalue weighted by Crippen LogP contribution is 2.46. The molecule has 0 aromatic heterocycles. The molecule has 200 valence electrons. The molecule has 3 aromatic rings. The van der Waals surface area contributed by atoms with Gasteiger partial charge in [-0.3, -0.25) is 4.90 Å². The Bertz CT molecular complexity index is 1120. The van der Waals surface area contributed by atoms with E-state index < -0.39 is 17.2 Å². The molecule has 38 heavy (non-hydrogen) atoms. The molecule has 0 saturated heterocycles. The van der Waals surface area contributed by atoms with Gasteiger partial charge in [0.15, 0.2) is 0 Å². The van der Waals surface area contributed by atoms with E-state index in [0.29, 0.717) is 6.42 Å². The van der Waals surface area contributed by atoms with E-state index in [1.54, 1.807) is 12.1 Å². The van der Waals surface area contributed by atoms with Crippen LogP contribution in [-0.4, -0.2) is 10.9 Å². The van der Waals surface area contributed by atoms with Crippen LogP contribution in [0.1, 0.15) is 74.1 Å². The third kappa shape index (κ3) is 6.66. The van der Waals surface area contributed by atoms with Gasteiger partial charge in [-0.15, -0.1) is 0 Å². The topological polar surface area (TPSA) is 27.0 Å². The highest BCUT2D eigenvalue weighted by Gasteiger charge is 2.43. The summed E-state index contributed by atoms with van der Waals surface area (Å²) in [5, 5.41) is 10.6. The molecule has 2 nitrogen and oxygen atoms in total. The first kappa shape index (κ1) is 27.9. The predicted octanol–water partition coefficient (Wildman–Crippen LogP) is 8.92. The van der Waals surface area contributed by atoms with Crippen LogP contribution in [0, 0.1) is 17.2 Å². The Hall–Kier alpha value is -3.10. The molecule has 1 aliphatic carbocycles. The SMILES string of the molecule is CCC(CCC(C#N)(c1ccc(C(F)(F)F)cc1)C1CCCC1)N(Cc1ccccc1)Cc1ccccc1. The molecule has 1 aliphatic rings. The van der Waals surface area contributed by atoms with Crippen LogP contribution in [0.15, 0.2) is 84.9 Å². The van der Waals surface area contributed by atoms with Gasteiger partial charge >= 0.3 is 6.18 Å². The minimum absolute atomic E-state index is 0.165. The molecule has 1 saturated carbocycles. The smallest absolute Gasteiger partial charge is 0.292 e. The van der Waals surface area contributed by atoms with E-state index in [1.807, 2.05) is 12.1 Å². The van der Waals surface area contributed by atoms with Gasteiger partial charge in [-0.2, -0.15) is 18.4 Å². The van der Waals surface area contributed by atoms with E-state index in [9.17, 15) is 18.4 Å². The average Bonchev–Trinajstić information content (AvgIpc) is 3.48. The van der Waals surface area contributed by atoms with E-state index >= 15 is 0 Å². The first-order chi connectivity index (χ1) is 18.4. The number of halogens is 3. The maximum absolute atomic E-state index is 13.3. The molecule has 1 fully saturated rings. The van der Waals surface area contributed by atoms with Crippen LogP contribution in [-0.2, 0) is 24.7 Å². The van der Waals surface area contributed by atoms with Crippen molar-refractivity contribution in [1.29, 1.82) is 5.26 Å². The number of nitrogens with zero attached hydrogens (tertiary/aromatic N) is 2. The number of benzene rings is 3. The second-order valence-corrected chi connectivity index (χ2v) is 10.6. The zero-order valence-electron chi connectivity index (χ0n) is 22.1. The Morgan fingerprint density at radius 2 is 1.32 bits per heavy atom. The summed E-state index contributed by atoms with van der Waals surface area (Å²) in [6, 6.07) is 29.1. The van der Waals surface area contributed by atoms with Crippen LogP contribution >= 0.6 is 0 Å². The molecule has 4 rings (SSSR count). The van der Waals surface area contributed by atoms with Gasteiger partial charge in [0.2, 0.25) is 0 Å². The minimum atomic E-state index is -4.39. The van der Waals surface area contributed by atoms with E-state index in [-0.39, 0.29) is 12.0 Å². The largest absolute Gasteiger partial charge is 0.416 e. The lowest BCUT2D eigenvalue weighted by Gasteiger charge is -2.37. The molecule has 3 aromatic carbocycles. The highest BCUT2D eigenvalue weighted by molar-refractivity contribution is 5.37. The van der Waals surface area contributed by atoms with E-state index in [2.05, 4.69) is 66.4 Å². The normalized spacial score (nSPS) is 16.7. The van der Waals surface area contributed by atoms with Gasteiger partial charge < -0.3 is 0 Å². The lowest BCUT2D eigenvalue weighted by atomic mass is 9.67. The summed E-state index contributed by atoms with van der Waals surface area (Å²) >= 11 is 0. The zero-order chi connectivity index (χ0) is 27.0. The van der Waals surface area contributed by atoms with Crippen molar-refractivity contribution in [3.8, 4) is 6.07 Å². The van der Waals surface area contributed by atoms with Crippen LogP contribution in [0.2, 0.25) is 0 Å². The van der Waals surface area contributed by atoms with Crippen molar-refractivity contribution < 1.29 is 13.2 Å². The molecule has 0 spiro atoms. The predicted molar refractivity (Wildman–Crippen MR) is 146 cm³/mol. The first-order valence-electron chi connectivity index (χ1n) is 13.8. The highest BCUT2D eigenvalue weighted by atomic mass is 19.4. The number of nitriles is 1. The van der Waals surface area contributed by atoms with Crippen molar-refractivity contribution in [3.05, 3.63) is 107 Å². The minimum Gasteiger partial charge on any atom is -0.292 e. The van der Waals surface area contributed by atoms with Crippen LogP contribution in [0.4, 0.5) is 13.2 Å². The van der Waals surface area contributed by atoms with Crippen molar-refractivity contribution >= 4 is 0 Å². The Kier molecular flexibility index (Phi) is 9.28. The fraction of sp³-hybridized carbons (Fsp3) is 0.424. The van der Waals surface area contributed by atoms with E-state index in [4.69, 9.17) is 0 Å². The maximum atomic E-state index is 13.3. The standard InChI is InChI=1S/C33H37F3N2/c1-2-31(38(23-26-11-5-3-6-12-26)24-27-13-7-4-8-14-27)21-22-32(25-37,28-15-9-10-16-28)29-17-19-30(20-18-29)33(34,35)36/h3-8,11-14,17-20,28,31H,2,9-10,15-16,21-24H2,1H3. The number of hydrogen-bond donors (Lipinski definition) is 0. The van der Waals surface area contributed by atoms with Crippen molar-refractivity contribution in [2.24, 2.45) is 5.92 Å². The summed E-state index contributed by atoms with van der Waals surface area (Å²) in [6.45, 7) is 3.80. The molecule has 0 radical (unpaired) electrons. The first-order valence-corrected chi connectivity index (χ1v) is 13.8. The van der Waals surface area contributed by atoms with Gasteiger partial charge in [-0.1, -0.05) is 92.6 Å². The lowest BCUT2D eigenvalue weighted by Crippen LogP contribution is -2.38. The molecule has 0 heterocycles. The second-order valence-electron chi connectivity index (χ2n) is 10.6. The van der Waals surface area contributed by atoms with Crippen molar-refractivity contribution in [1.82, 2.24) is 4.90 Å². The van der Waals surface area contributed by atoms with Gasteiger partial charge in [-0.25, -0.2) is 0 Å². The average molecular weight is 519 g/mol. The third-order valence-corrected chi connectivity index (χ3v) is 8.30. The second kappa shape index (κ2) is 12.6. The maximum Gasteiger partial charge on any atom is 0.416 e. The molecule has 0 bridgehead atoms. The van der Waals surface area contributed by atoms with E-state index in [0.717, 1.165) is 69.3 Å². The Labute approximate surface area is 225 Å². The number of rotatable bonds is 11. The zero-order valence-corrected chi connectivity index (χ0v) is 22.1. The molecule has 0 N–H and O–H groups in total. The van der Waals surface area contributed by atoms with Gasteiger partial charge in [0.1, 0.15) is 0 Å². The van der Waals surface area contributed by atoms with Crippen molar-refractivity contribution in [2.45, 2.75) is 82.6 Å². The summed E-state index contributed by atoms with van der Waals surface area (Å²) in [5.41, 5.74) is 1.77. The van der Waals surface area contributed by atoms with Crippen molar-refractivity contribution in [2.75, 3.05) is 0 Å². The lowest BCUT2D eigenvalue weighted by molar-refractivity contribution is -0.137. The third-order valence-electron chi connectivity index (χ3n) is 8.30. The molecular formula is C33H37F3N2. The summed E-state index contributed by atoms with van der Waals surface area (Å²) < 4.78 is 39.8. The monoisotopic (exact) mass is 518 g/mol. The quantitative estimate of drug-likeness (QED) is 0.253. The number of hydrogen-bond acceptors (Lipinski definition) is 2. The molecule has 2 unspecified atom stereocenters. The molecule has 2 atom stereocenters. The Morgan fingerprint density at radius 3 is 1.76 bits per heavy atom. The molecule has 0 aliphatic heterocycles. The van der Waals surface area contributed by atoms with Gasteiger partial charge in [-0.05, 0) is 66.8 Å². The van der Waals surface area contributed by atoms with E-state index in [1.165, 1.54) is 11.1 Å². The Morgan fingerprint density at radius 1 is 0.816 bits per heavy atom. The summed E-state index contributed by atoms with van der Waals surface area (Å²) in [4.78, 5) is 2.49. The van der Waals surface area contributed by atoms with Crippen LogP contribution in [0.5, 0.6) is 0 Å². The van der Waals surface area contributed by atoms with Gasteiger partial charge in [0.25, 0.3) is 0 Å². The molecule has 0 amide bonds. The Balaban J connectivity index is 1.61. The van der Waals surface area contributed by atoms with Crippen molar-refractivity contribution in [3.63, 3.8) is 0 Å². The van der Waals surface area contributed by atoms with Gasteiger partial charge in [0.05, 0.1) is 17.0 Å². The van der Waals surface area contributed by atoms with Crippen LogP contribution in [0.25, 0.3) is 0 Å². The summed E-state index contributed by atoms with van der Waals surface area (Å²) in [6.07, 6.45) is 2.02. The van der Waals surface area contributed by atoms with Gasteiger partial charge in [0, 0.05) is 19.1 Å². The fourth-order valence-corrected chi connectivity index (χ4v) is 6.16. The molecule has 5 heteroatoms. The van der Waals surface area contributed by atoms with Crippen LogP contribution < -0.4 is 0 Å². The number of alkyl halides is 3.